The second-order valence-corrected chi connectivity index (χ2v) is 6.55. The van der Waals surface area contributed by atoms with Gasteiger partial charge in [-0.2, -0.15) is 0 Å². The van der Waals surface area contributed by atoms with Gasteiger partial charge in [-0.3, -0.25) is 4.79 Å². The Balaban J connectivity index is 2.16. The van der Waals surface area contributed by atoms with Crippen molar-refractivity contribution in [1.82, 2.24) is 10.1 Å². The number of H-pyrrole nitrogens is 1. The third kappa shape index (κ3) is 3.00. The zero-order valence-electron chi connectivity index (χ0n) is 14.1. The van der Waals surface area contributed by atoms with Crippen molar-refractivity contribution in [2.45, 2.75) is 6.92 Å². The average molecular weight is 381 g/mol. The normalized spacial score (nSPS) is 11.0. The average Bonchev–Trinajstić information content (AvgIpc) is 3.07. The zero-order chi connectivity index (χ0) is 19.1. The van der Waals surface area contributed by atoms with Crippen LogP contribution in [0, 0.1) is 6.92 Å². The van der Waals surface area contributed by atoms with Crippen LogP contribution in [0.2, 0.25) is 5.02 Å². The summed E-state index contributed by atoms with van der Waals surface area (Å²) in [7, 11) is 0. The van der Waals surface area contributed by atoms with E-state index in [4.69, 9.17) is 16.1 Å². The van der Waals surface area contributed by atoms with Crippen LogP contribution in [0.25, 0.3) is 33.4 Å². The summed E-state index contributed by atoms with van der Waals surface area (Å²) in [5.41, 5.74) is 2.33. The summed E-state index contributed by atoms with van der Waals surface area (Å²) in [4.78, 5) is 27.1. The molecule has 4 rings (SSSR count). The fraction of sp³-hybridized carbons (Fsp3) is 0.0500. The predicted octanol–water partition coefficient (Wildman–Crippen LogP) is 4.51. The molecule has 2 aromatic heterocycles. The number of aromatic nitrogens is 2. The molecule has 0 saturated carbocycles. The van der Waals surface area contributed by atoms with Crippen LogP contribution < -0.4 is 5.56 Å². The van der Waals surface area contributed by atoms with Crippen molar-refractivity contribution in [1.29, 1.82) is 0 Å². The molecule has 27 heavy (non-hydrogen) atoms. The lowest BCUT2D eigenvalue weighted by molar-refractivity contribution is 0.0697. The molecule has 0 bridgehead atoms. The van der Waals surface area contributed by atoms with Gasteiger partial charge in [0.2, 0.25) is 0 Å². The smallest absolute Gasteiger partial charge is 0.335 e. The summed E-state index contributed by atoms with van der Waals surface area (Å²) in [6.07, 6.45) is 0. The number of carbonyl (C=O) groups is 1. The van der Waals surface area contributed by atoms with Crippen molar-refractivity contribution in [2.24, 2.45) is 0 Å². The van der Waals surface area contributed by atoms with Crippen LogP contribution in [0.4, 0.5) is 0 Å². The van der Waals surface area contributed by atoms with E-state index < -0.39 is 5.97 Å². The summed E-state index contributed by atoms with van der Waals surface area (Å²) in [6.45, 7) is 1.75. The Labute approximate surface area is 158 Å². The first kappa shape index (κ1) is 17.1. The van der Waals surface area contributed by atoms with Crippen molar-refractivity contribution in [3.05, 3.63) is 75.2 Å². The van der Waals surface area contributed by atoms with Gasteiger partial charge in [-0.25, -0.2) is 4.79 Å². The number of benzene rings is 2. The molecule has 7 heteroatoms. The number of halogens is 1. The molecule has 0 radical (unpaired) electrons. The fourth-order valence-corrected chi connectivity index (χ4v) is 3.26. The minimum Gasteiger partial charge on any atom is -0.478 e. The highest BCUT2D eigenvalue weighted by Crippen LogP contribution is 2.36. The number of pyridine rings is 1. The number of aryl methyl sites for hydroxylation is 1. The van der Waals surface area contributed by atoms with Gasteiger partial charge in [-0.1, -0.05) is 28.9 Å². The van der Waals surface area contributed by atoms with Gasteiger partial charge in [-0.05, 0) is 42.8 Å². The van der Waals surface area contributed by atoms with E-state index >= 15 is 0 Å². The first-order chi connectivity index (χ1) is 12.9. The fourth-order valence-electron chi connectivity index (χ4n) is 3.09. The molecule has 0 atom stereocenters. The molecule has 0 unspecified atom stereocenters. The van der Waals surface area contributed by atoms with Gasteiger partial charge >= 0.3 is 5.97 Å². The molecule has 0 amide bonds. The number of aromatic amines is 1. The third-order valence-electron chi connectivity index (χ3n) is 4.25. The van der Waals surface area contributed by atoms with Crippen LogP contribution in [0.1, 0.15) is 16.1 Å². The van der Waals surface area contributed by atoms with E-state index in [9.17, 15) is 14.7 Å². The van der Waals surface area contributed by atoms with Gasteiger partial charge in [0, 0.05) is 27.6 Å². The number of carboxylic acid groups (broad SMARTS) is 1. The Kier molecular flexibility index (Phi) is 4.05. The molecular formula is C20H13ClN2O4. The van der Waals surface area contributed by atoms with Gasteiger partial charge in [0.1, 0.15) is 0 Å². The minimum absolute atomic E-state index is 0.114. The van der Waals surface area contributed by atoms with Gasteiger partial charge in [0.05, 0.1) is 16.8 Å². The Bertz CT molecular complexity index is 1260. The van der Waals surface area contributed by atoms with Crippen LogP contribution >= 0.6 is 11.6 Å². The number of aromatic carboxylic acids is 1. The van der Waals surface area contributed by atoms with Gasteiger partial charge in [-0.15, -0.1) is 0 Å². The van der Waals surface area contributed by atoms with E-state index in [0.29, 0.717) is 38.5 Å². The predicted molar refractivity (Wildman–Crippen MR) is 102 cm³/mol. The highest BCUT2D eigenvalue weighted by Gasteiger charge is 2.20. The lowest BCUT2D eigenvalue weighted by Gasteiger charge is -2.12. The first-order valence-electron chi connectivity index (χ1n) is 8.07. The van der Waals surface area contributed by atoms with E-state index in [1.54, 1.807) is 43.3 Å². The van der Waals surface area contributed by atoms with Crippen molar-refractivity contribution in [3.63, 3.8) is 0 Å². The summed E-state index contributed by atoms with van der Waals surface area (Å²) in [5.74, 6) is -0.757. The molecule has 0 saturated heterocycles. The van der Waals surface area contributed by atoms with Crippen molar-refractivity contribution in [3.8, 4) is 22.5 Å². The van der Waals surface area contributed by atoms with Crippen LogP contribution in [-0.4, -0.2) is 21.2 Å². The van der Waals surface area contributed by atoms with E-state index in [2.05, 4.69) is 10.1 Å². The van der Waals surface area contributed by atoms with Crippen molar-refractivity contribution < 1.29 is 14.4 Å². The molecular weight excluding hydrogens is 368 g/mol. The van der Waals surface area contributed by atoms with E-state index in [-0.39, 0.29) is 16.7 Å². The van der Waals surface area contributed by atoms with Gasteiger partial charge in [0.15, 0.2) is 5.76 Å². The maximum atomic E-state index is 12.8. The number of nitrogens with zero attached hydrogens (tertiary/aromatic N) is 1. The van der Waals surface area contributed by atoms with Crippen molar-refractivity contribution >= 4 is 28.5 Å². The SMILES string of the molecule is Cc1cc(-c2c(-c3cccc(C(=O)O)c3)c3cc(Cl)ccc3[nH]c2=O)on1. The number of hydrogen-bond donors (Lipinski definition) is 2. The molecule has 0 aliphatic carbocycles. The monoisotopic (exact) mass is 380 g/mol. The second kappa shape index (κ2) is 6.41. The summed E-state index contributed by atoms with van der Waals surface area (Å²) >= 11 is 6.18. The lowest BCUT2D eigenvalue weighted by atomic mass is 9.94. The number of nitrogens with one attached hydrogen (secondary N) is 1. The Morgan fingerprint density at radius 3 is 2.67 bits per heavy atom. The zero-order valence-corrected chi connectivity index (χ0v) is 14.9. The Morgan fingerprint density at radius 2 is 1.96 bits per heavy atom. The maximum Gasteiger partial charge on any atom is 0.335 e. The quantitative estimate of drug-likeness (QED) is 0.545. The largest absolute Gasteiger partial charge is 0.478 e. The summed E-state index contributed by atoms with van der Waals surface area (Å²) in [6, 6.07) is 13.2. The molecule has 134 valence electrons. The molecule has 2 heterocycles. The molecule has 4 aromatic rings. The number of rotatable bonds is 3. The molecule has 6 nitrogen and oxygen atoms in total. The number of carboxylic acids is 1. The van der Waals surface area contributed by atoms with Crippen LogP contribution in [0.15, 0.2) is 57.8 Å². The molecule has 0 fully saturated rings. The molecule has 0 aliphatic rings. The second-order valence-electron chi connectivity index (χ2n) is 6.11. The van der Waals surface area contributed by atoms with Gasteiger partial charge < -0.3 is 14.6 Å². The molecule has 0 spiro atoms. The number of hydrogen-bond acceptors (Lipinski definition) is 4. The lowest BCUT2D eigenvalue weighted by Crippen LogP contribution is -2.11. The van der Waals surface area contributed by atoms with Crippen LogP contribution in [-0.2, 0) is 0 Å². The number of fused-ring (bicyclic) bond motifs is 1. The Hall–Kier alpha value is -3.38. The van der Waals surface area contributed by atoms with Crippen LogP contribution in [0.3, 0.4) is 0 Å². The van der Waals surface area contributed by atoms with Crippen LogP contribution in [0.5, 0.6) is 0 Å². The first-order valence-corrected chi connectivity index (χ1v) is 8.45. The van der Waals surface area contributed by atoms with E-state index in [1.807, 2.05) is 0 Å². The van der Waals surface area contributed by atoms with E-state index in [0.717, 1.165) is 0 Å². The van der Waals surface area contributed by atoms with E-state index in [1.165, 1.54) is 12.1 Å². The standard InChI is InChI=1S/C20H13ClN2O4/c1-10-7-16(27-23-10)18-17(11-3-2-4-12(8-11)20(25)26)14-9-13(21)5-6-15(14)22-19(18)24/h2-9H,1H3,(H,22,24)(H,25,26). The summed E-state index contributed by atoms with van der Waals surface area (Å²) < 4.78 is 5.33. The third-order valence-corrected chi connectivity index (χ3v) is 4.48. The highest BCUT2D eigenvalue weighted by atomic mass is 35.5. The minimum atomic E-state index is -1.05. The molecule has 2 N–H and O–H groups in total. The molecule has 0 aliphatic heterocycles. The molecule has 2 aromatic carbocycles. The maximum absolute atomic E-state index is 12.8. The van der Waals surface area contributed by atoms with Crippen molar-refractivity contribution in [2.75, 3.05) is 0 Å². The summed E-state index contributed by atoms with van der Waals surface area (Å²) in [5, 5.41) is 14.4. The Morgan fingerprint density at radius 1 is 1.15 bits per heavy atom. The highest BCUT2D eigenvalue weighted by molar-refractivity contribution is 6.31. The topological polar surface area (TPSA) is 96.2 Å². The van der Waals surface area contributed by atoms with Gasteiger partial charge in [0.25, 0.3) is 5.56 Å².